The molecule has 0 unspecified atom stereocenters. The lowest BCUT2D eigenvalue weighted by atomic mass is 10.2. The summed E-state index contributed by atoms with van der Waals surface area (Å²) in [5.41, 5.74) is 1.10. The molecule has 3 aromatic rings. The van der Waals surface area contributed by atoms with Crippen LogP contribution in [-0.4, -0.2) is 26.4 Å². The van der Waals surface area contributed by atoms with Crippen LogP contribution in [0.5, 0.6) is 5.75 Å². The predicted molar refractivity (Wildman–Crippen MR) is 94.3 cm³/mol. The van der Waals surface area contributed by atoms with Crippen LogP contribution in [0.2, 0.25) is 5.02 Å². The number of nitrogens with zero attached hydrogens (tertiary/aromatic N) is 2. The Morgan fingerprint density at radius 3 is 2.68 bits per heavy atom. The van der Waals surface area contributed by atoms with E-state index in [1.807, 2.05) is 0 Å². The van der Waals surface area contributed by atoms with E-state index in [0.29, 0.717) is 16.1 Å². The highest BCUT2D eigenvalue weighted by molar-refractivity contribution is 8.03. The number of aromatic nitrogens is 2. The second-order valence-electron chi connectivity index (χ2n) is 4.86. The minimum absolute atomic E-state index is 0.0278. The molecule has 0 atom stereocenters. The molecule has 25 heavy (non-hydrogen) atoms. The summed E-state index contributed by atoms with van der Waals surface area (Å²) in [5.74, 6) is -0.900. The Hall–Kier alpha value is -2.77. The molecule has 0 bridgehead atoms. The van der Waals surface area contributed by atoms with E-state index in [9.17, 15) is 15.0 Å². The summed E-state index contributed by atoms with van der Waals surface area (Å²) in [6, 6.07) is 13.2. The lowest BCUT2D eigenvalue weighted by Crippen LogP contribution is -1.96. The number of carbonyl (C=O) groups is 1. The number of carboxylic acid groups (broad SMARTS) is 1. The monoisotopic (exact) mass is 374 g/mol. The average molecular weight is 375 g/mol. The molecule has 0 amide bonds. The fourth-order valence-electron chi connectivity index (χ4n) is 1.99. The molecule has 6 nitrogen and oxygen atoms in total. The molecule has 0 aliphatic heterocycles. The number of phenols is 1. The van der Waals surface area contributed by atoms with Crippen LogP contribution in [0.15, 0.2) is 63.1 Å². The fourth-order valence-corrected chi connectivity index (χ4v) is 2.88. The quantitative estimate of drug-likeness (QED) is 0.507. The maximum atomic E-state index is 11.5. The van der Waals surface area contributed by atoms with Crippen molar-refractivity contribution in [2.24, 2.45) is 0 Å². The lowest BCUT2D eigenvalue weighted by molar-refractivity contribution is -0.131. The summed E-state index contributed by atoms with van der Waals surface area (Å²) < 4.78 is 5.50. The van der Waals surface area contributed by atoms with Crippen LogP contribution in [0.25, 0.3) is 17.5 Å². The van der Waals surface area contributed by atoms with E-state index < -0.39 is 5.97 Å². The van der Waals surface area contributed by atoms with E-state index in [0.717, 1.165) is 11.8 Å². The summed E-state index contributed by atoms with van der Waals surface area (Å²) in [6.07, 6.45) is 1.41. The minimum atomic E-state index is -1.15. The number of aliphatic carboxylic acids is 1. The van der Waals surface area contributed by atoms with Crippen LogP contribution < -0.4 is 0 Å². The molecule has 0 fully saturated rings. The van der Waals surface area contributed by atoms with Gasteiger partial charge in [-0.05, 0) is 47.7 Å². The van der Waals surface area contributed by atoms with Gasteiger partial charge in [0, 0.05) is 0 Å². The van der Waals surface area contributed by atoms with Crippen LogP contribution in [0, 0.1) is 0 Å². The molecule has 0 aliphatic carbocycles. The van der Waals surface area contributed by atoms with Crippen LogP contribution in [-0.2, 0) is 4.79 Å². The molecule has 2 N–H and O–H groups in total. The van der Waals surface area contributed by atoms with Gasteiger partial charge >= 0.3 is 5.97 Å². The predicted octanol–water partition coefficient (Wildman–Crippen LogP) is 4.31. The van der Waals surface area contributed by atoms with Crippen LogP contribution in [0.4, 0.5) is 0 Å². The summed E-state index contributed by atoms with van der Waals surface area (Å²) in [4.78, 5) is 11.4. The Morgan fingerprint density at radius 1 is 1.16 bits per heavy atom. The van der Waals surface area contributed by atoms with Crippen LogP contribution in [0.1, 0.15) is 5.56 Å². The average Bonchev–Trinajstić information content (AvgIpc) is 3.03. The third kappa shape index (κ3) is 4.20. The largest absolute Gasteiger partial charge is 0.508 e. The molecule has 0 aliphatic rings. The number of halogens is 1. The summed E-state index contributed by atoms with van der Waals surface area (Å²) in [5, 5.41) is 27.1. The highest BCUT2D eigenvalue weighted by Crippen LogP contribution is 2.32. The molecule has 3 rings (SSSR count). The van der Waals surface area contributed by atoms with Crippen molar-refractivity contribution in [3.63, 3.8) is 0 Å². The molecule has 1 heterocycles. The van der Waals surface area contributed by atoms with Gasteiger partial charge in [-0.15, -0.1) is 10.2 Å². The Kier molecular flexibility index (Phi) is 5.06. The van der Waals surface area contributed by atoms with Crippen molar-refractivity contribution in [3.05, 3.63) is 64.0 Å². The summed E-state index contributed by atoms with van der Waals surface area (Å²) >= 11 is 6.90. The van der Waals surface area contributed by atoms with E-state index in [1.54, 1.807) is 36.4 Å². The standard InChI is InChI=1S/C17H11ClN2O4S/c18-13-7-2-1-6-12(13)15-19-20-17(24-15)25-14(16(22)23)9-10-4-3-5-11(21)8-10/h1-9,21H,(H,22,23)/b14-9+. The first-order valence-electron chi connectivity index (χ1n) is 7.03. The molecule has 0 saturated carbocycles. The van der Waals surface area contributed by atoms with Gasteiger partial charge in [-0.1, -0.05) is 35.9 Å². The highest BCUT2D eigenvalue weighted by Gasteiger charge is 2.17. The van der Waals surface area contributed by atoms with Gasteiger partial charge in [-0.25, -0.2) is 4.79 Å². The topological polar surface area (TPSA) is 96.5 Å². The molecule has 0 radical (unpaired) electrons. The van der Waals surface area contributed by atoms with Crippen molar-refractivity contribution in [3.8, 4) is 17.2 Å². The molecule has 0 saturated heterocycles. The number of benzene rings is 2. The van der Waals surface area contributed by atoms with Crippen molar-refractivity contribution in [1.29, 1.82) is 0 Å². The van der Waals surface area contributed by atoms with Gasteiger partial charge in [0.05, 0.1) is 10.6 Å². The number of thioether (sulfide) groups is 1. The van der Waals surface area contributed by atoms with Gasteiger partial charge in [0.15, 0.2) is 0 Å². The SMILES string of the molecule is O=C(O)/C(=C\c1cccc(O)c1)Sc1nnc(-c2ccccc2Cl)o1. The summed E-state index contributed by atoms with van der Waals surface area (Å²) in [7, 11) is 0. The Balaban J connectivity index is 1.87. The highest BCUT2D eigenvalue weighted by atomic mass is 35.5. The third-order valence-corrected chi connectivity index (χ3v) is 4.27. The maximum absolute atomic E-state index is 11.5. The van der Waals surface area contributed by atoms with Crippen LogP contribution >= 0.6 is 23.4 Å². The molecular weight excluding hydrogens is 364 g/mol. The van der Waals surface area contributed by atoms with Gasteiger partial charge in [-0.2, -0.15) is 0 Å². The summed E-state index contributed by atoms with van der Waals surface area (Å²) in [6.45, 7) is 0. The molecule has 8 heteroatoms. The number of rotatable bonds is 5. The number of hydrogen-bond donors (Lipinski definition) is 2. The van der Waals surface area contributed by atoms with Gasteiger partial charge in [-0.3, -0.25) is 0 Å². The van der Waals surface area contributed by atoms with Crippen molar-refractivity contribution in [2.45, 2.75) is 5.22 Å². The van der Waals surface area contributed by atoms with Crippen molar-refractivity contribution in [2.75, 3.05) is 0 Å². The van der Waals surface area contributed by atoms with Crippen LogP contribution in [0.3, 0.4) is 0 Å². The van der Waals surface area contributed by atoms with Crippen molar-refractivity contribution >= 4 is 35.4 Å². The van der Waals surface area contributed by atoms with E-state index in [1.165, 1.54) is 18.2 Å². The first kappa shape index (κ1) is 17.1. The third-order valence-electron chi connectivity index (χ3n) is 3.09. The Morgan fingerprint density at radius 2 is 1.96 bits per heavy atom. The van der Waals surface area contributed by atoms with Gasteiger partial charge in [0.25, 0.3) is 5.22 Å². The zero-order valence-corrected chi connectivity index (χ0v) is 14.2. The smallest absolute Gasteiger partial charge is 0.342 e. The normalized spacial score (nSPS) is 11.5. The van der Waals surface area contributed by atoms with Gasteiger partial charge in [0.2, 0.25) is 5.89 Å². The second kappa shape index (κ2) is 7.42. The van der Waals surface area contributed by atoms with E-state index in [2.05, 4.69) is 10.2 Å². The first-order chi connectivity index (χ1) is 12.0. The first-order valence-corrected chi connectivity index (χ1v) is 8.22. The number of hydrogen-bond acceptors (Lipinski definition) is 6. The lowest BCUT2D eigenvalue weighted by Gasteiger charge is -2.00. The number of phenolic OH excluding ortho intramolecular Hbond substituents is 1. The second-order valence-corrected chi connectivity index (χ2v) is 6.26. The van der Waals surface area contributed by atoms with E-state index >= 15 is 0 Å². The zero-order chi connectivity index (χ0) is 17.8. The van der Waals surface area contributed by atoms with Gasteiger partial charge < -0.3 is 14.6 Å². The minimum Gasteiger partial charge on any atom is -0.508 e. The van der Waals surface area contributed by atoms with Crippen molar-refractivity contribution < 1.29 is 19.4 Å². The molecule has 0 spiro atoms. The molecule has 2 aromatic carbocycles. The Labute approximate surface area is 151 Å². The van der Waals surface area contributed by atoms with Crippen molar-refractivity contribution in [1.82, 2.24) is 10.2 Å². The number of aromatic hydroxyl groups is 1. The van der Waals surface area contributed by atoms with Gasteiger partial charge in [0.1, 0.15) is 10.7 Å². The fraction of sp³-hybridized carbons (Fsp3) is 0. The molecular formula is C17H11ClN2O4S. The van der Waals surface area contributed by atoms with E-state index in [-0.39, 0.29) is 21.8 Å². The molecule has 1 aromatic heterocycles. The molecule has 126 valence electrons. The Bertz CT molecular complexity index is 955. The maximum Gasteiger partial charge on any atom is 0.342 e. The number of carboxylic acids is 1. The van der Waals surface area contributed by atoms with E-state index in [4.69, 9.17) is 16.0 Å². The zero-order valence-electron chi connectivity index (χ0n) is 12.6.